The van der Waals surface area contributed by atoms with Crippen molar-refractivity contribution in [3.63, 3.8) is 0 Å². The summed E-state index contributed by atoms with van der Waals surface area (Å²) >= 11 is 5.71. The highest BCUT2D eigenvalue weighted by Gasteiger charge is 2.16. The molecule has 0 bridgehead atoms. The summed E-state index contributed by atoms with van der Waals surface area (Å²) in [6.45, 7) is 0. The summed E-state index contributed by atoms with van der Waals surface area (Å²) in [5, 5.41) is 0.626. The molecule has 5 heteroatoms. The second-order valence-corrected chi connectivity index (χ2v) is 3.30. The lowest BCUT2D eigenvalue weighted by atomic mass is 10.2. The Morgan fingerprint density at radius 1 is 1.44 bits per heavy atom. The average molecular weight is 237 g/mol. The summed E-state index contributed by atoms with van der Waals surface area (Å²) < 4.78 is 4.41. The van der Waals surface area contributed by atoms with Crippen LogP contribution in [-0.2, 0) is 9.53 Å². The lowest BCUT2D eigenvalue weighted by Gasteiger charge is -1.92. The van der Waals surface area contributed by atoms with Crippen LogP contribution in [0.3, 0.4) is 0 Å². The zero-order valence-electron chi connectivity index (χ0n) is 8.55. The van der Waals surface area contributed by atoms with Crippen molar-refractivity contribution in [3.8, 4) is 0 Å². The van der Waals surface area contributed by atoms with Crippen molar-refractivity contribution < 1.29 is 14.3 Å². The van der Waals surface area contributed by atoms with E-state index in [0.29, 0.717) is 5.02 Å². The van der Waals surface area contributed by atoms with Crippen LogP contribution in [0, 0.1) is 0 Å². The molecule has 1 aromatic rings. The van der Waals surface area contributed by atoms with E-state index < -0.39 is 5.97 Å². The van der Waals surface area contributed by atoms with Gasteiger partial charge >= 0.3 is 11.7 Å². The first kappa shape index (κ1) is 12.2. The monoisotopic (exact) mass is 236 g/mol. The van der Waals surface area contributed by atoms with Crippen molar-refractivity contribution in [1.82, 2.24) is 0 Å². The van der Waals surface area contributed by atoms with Crippen LogP contribution >= 0.6 is 11.6 Å². The third kappa shape index (κ3) is 3.35. The van der Waals surface area contributed by atoms with Gasteiger partial charge in [-0.1, -0.05) is 23.7 Å². The molecule has 4 nitrogen and oxygen atoms in total. The summed E-state index contributed by atoms with van der Waals surface area (Å²) in [5.74, 6) is -0.701. The van der Waals surface area contributed by atoms with Crippen molar-refractivity contribution in [2.75, 3.05) is 7.11 Å². The Bertz CT molecular complexity index is 459. The van der Waals surface area contributed by atoms with Crippen molar-refractivity contribution in [3.05, 3.63) is 46.5 Å². The smallest absolute Gasteiger partial charge is 0.421 e. The van der Waals surface area contributed by atoms with Crippen molar-refractivity contribution in [2.24, 2.45) is 0 Å². The average Bonchev–Trinajstić information content (AvgIpc) is 2.31. The number of carbonyl (C=O) groups is 1. The van der Waals surface area contributed by atoms with E-state index in [1.807, 2.05) is 0 Å². The molecule has 0 saturated carbocycles. The van der Waals surface area contributed by atoms with Gasteiger partial charge in [0.1, 0.15) is 0 Å². The molecule has 0 saturated heterocycles. The molecule has 0 aliphatic heterocycles. The van der Waals surface area contributed by atoms with Crippen LogP contribution in [0.2, 0.25) is 5.02 Å². The first-order valence-corrected chi connectivity index (χ1v) is 4.79. The topological polar surface area (TPSA) is 62.7 Å². The predicted molar refractivity (Wildman–Crippen MR) is 61.1 cm³/mol. The number of benzene rings is 1. The largest absolute Gasteiger partial charge is 0.460 e. The third-order valence-corrected chi connectivity index (χ3v) is 2.06. The molecule has 1 aromatic carbocycles. The number of methoxy groups -OCH3 is 1. The molecule has 0 aliphatic rings. The second-order valence-electron chi connectivity index (χ2n) is 2.86. The number of esters is 1. The van der Waals surface area contributed by atoms with Crippen molar-refractivity contribution in [1.29, 1.82) is 0 Å². The van der Waals surface area contributed by atoms with Crippen LogP contribution in [0.15, 0.2) is 30.3 Å². The summed E-state index contributed by atoms with van der Waals surface area (Å²) in [4.78, 5) is 13.9. The van der Waals surface area contributed by atoms with Crippen molar-refractivity contribution >= 4 is 29.4 Å². The number of rotatable bonds is 3. The molecule has 0 spiro atoms. The van der Waals surface area contributed by atoms with Gasteiger partial charge in [0.2, 0.25) is 0 Å². The maximum Gasteiger partial charge on any atom is 0.421 e. The molecule has 82 valence electrons. The van der Waals surface area contributed by atoms with E-state index in [2.05, 4.69) is 9.53 Å². The van der Waals surface area contributed by atoms with Gasteiger partial charge in [-0.3, -0.25) is 0 Å². The summed E-state index contributed by atoms with van der Waals surface area (Å²) in [5.41, 5.74) is 9.22. The molecule has 1 rings (SSSR count). The van der Waals surface area contributed by atoms with Gasteiger partial charge in [-0.05, 0) is 23.8 Å². The summed E-state index contributed by atoms with van der Waals surface area (Å²) in [6, 6.07) is 6.97. The zero-order chi connectivity index (χ0) is 12.0. The maximum atomic E-state index is 11.0. The summed E-state index contributed by atoms with van der Waals surface area (Å²) in [7, 11) is 1.21. The Balaban J connectivity index is 2.84. The molecule has 0 heterocycles. The molecule has 0 aliphatic carbocycles. The molecule has 0 radical (unpaired) electrons. The highest BCUT2D eigenvalue weighted by molar-refractivity contribution is 6.39. The Labute approximate surface area is 97.7 Å². The SMILES string of the molecule is COC(=O)C(/C=C/c1ccc(Cl)cc1)=[N+]=[N-]. The molecular formula is C11H9ClN2O2. The van der Waals surface area contributed by atoms with Gasteiger partial charge in [0.25, 0.3) is 0 Å². The first-order valence-electron chi connectivity index (χ1n) is 4.41. The van der Waals surface area contributed by atoms with Gasteiger partial charge < -0.3 is 10.3 Å². The normalized spacial score (nSPS) is 9.88. The van der Waals surface area contributed by atoms with Gasteiger partial charge in [-0.15, -0.1) is 0 Å². The van der Waals surface area contributed by atoms with E-state index in [4.69, 9.17) is 17.1 Å². The van der Waals surface area contributed by atoms with E-state index >= 15 is 0 Å². The van der Waals surface area contributed by atoms with Crippen LogP contribution in [0.4, 0.5) is 0 Å². The molecule has 0 aromatic heterocycles. The van der Waals surface area contributed by atoms with Gasteiger partial charge in [0.05, 0.1) is 7.11 Å². The van der Waals surface area contributed by atoms with Crippen LogP contribution in [0.1, 0.15) is 5.56 Å². The third-order valence-electron chi connectivity index (χ3n) is 1.81. The Kier molecular flexibility index (Phi) is 4.45. The number of carbonyl (C=O) groups excluding carboxylic acids is 1. The van der Waals surface area contributed by atoms with E-state index in [1.54, 1.807) is 30.3 Å². The Hall–Kier alpha value is -1.90. The second kappa shape index (κ2) is 5.85. The fraction of sp³-hybridized carbons (Fsp3) is 0.0909. The number of nitrogens with zero attached hydrogens (tertiary/aromatic N) is 2. The Morgan fingerprint density at radius 3 is 2.56 bits per heavy atom. The standard InChI is InChI=1S/C11H9ClN2O2/c1-16-11(15)10(14-13)7-4-8-2-5-9(12)6-3-8/h2-7H,1H3/b7-4+. The highest BCUT2D eigenvalue weighted by atomic mass is 35.5. The highest BCUT2D eigenvalue weighted by Crippen LogP contribution is 2.10. The molecule has 16 heavy (non-hydrogen) atoms. The van der Waals surface area contributed by atoms with E-state index in [-0.39, 0.29) is 5.71 Å². The lowest BCUT2D eigenvalue weighted by molar-refractivity contribution is -0.137. The molecular weight excluding hydrogens is 228 g/mol. The van der Waals surface area contributed by atoms with Gasteiger partial charge in [0.15, 0.2) is 0 Å². The van der Waals surface area contributed by atoms with Gasteiger partial charge in [-0.2, -0.15) is 4.79 Å². The minimum absolute atomic E-state index is 0.169. The predicted octanol–water partition coefficient (Wildman–Crippen LogP) is 2.20. The van der Waals surface area contributed by atoms with E-state index in [0.717, 1.165) is 5.56 Å². The van der Waals surface area contributed by atoms with Crippen molar-refractivity contribution in [2.45, 2.75) is 0 Å². The number of ether oxygens (including phenoxy) is 1. The Morgan fingerprint density at radius 2 is 2.06 bits per heavy atom. The molecule has 0 amide bonds. The molecule has 0 atom stereocenters. The molecule has 0 fully saturated rings. The van der Waals surface area contributed by atoms with E-state index in [9.17, 15) is 4.79 Å². The molecule has 0 unspecified atom stereocenters. The lowest BCUT2D eigenvalue weighted by Crippen LogP contribution is -2.13. The molecule has 0 N–H and O–H groups in total. The van der Waals surface area contributed by atoms with Gasteiger partial charge in [-0.25, -0.2) is 4.79 Å². The first-order chi connectivity index (χ1) is 7.67. The quantitative estimate of drug-likeness (QED) is 0.350. The number of hydrogen-bond acceptors (Lipinski definition) is 2. The fourth-order valence-corrected chi connectivity index (χ4v) is 1.12. The maximum absolute atomic E-state index is 11.0. The van der Waals surface area contributed by atoms with Crippen LogP contribution in [-0.4, -0.2) is 23.6 Å². The number of hydrogen-bond donors (Lipinski definition) is 0. The van der Waals surface area contributed by atoms with Crippen LogP contribution < -0.4 is 0 Å². The van der Waals surface area contributed by atoms with Gasteiger partial charge in [0, 0.05) is 11.1 Å². The zero-order valence-corrected chi connectivity index (χ0v) is 9.31. The van der Waals surface area contributed by atoms with Crippen LogP contribution in [0.5, 0.6) is 0 Å². The minimum atomic E-state index is -0.701. The number of halogens is 1. The summed E-state index contributed by atoms with van der Waals surface area (Å²) in [6.07, 6.45) is 2.97. The van der Waals surface area contributed by atoms with E-state index in [1.165, 1.54) is 13.2 Å². The van der Waals surface area contributed by atoms with Crippen LogP contribution in [0.25, 0.3) is 11.6 Å². The minimum Gasteiger partial charge on any atom is -0.460 e. The fourth-order valence-electron chi connectivity index (χ4n) is 0.996.